The number of hydrogen-bond donors (Lipinski definition) is 0. The van der Waals surface area contributed by atoms with Gasteiger partial charge in [-0.1, -0.05) is 110 Å². The maximum absolute atomic E-state index is 3.53. The van der Waals surface area contributed by atoms with E-state index in [0.29, 0.717) is 0 Å². The van der Waals surface area contributed by atoms with Crippen LogP contribution < -0.4 is 30.0 Å². The Morgan fingerprint density at radius 2 is 1.19 bits per heavy atom. The van der Waals surface area contributed by atoms with Gasteiger partial charge >= 0.3 is 99.2 Å². The van der Waals surface area contributed by atoms with E-state index in [-0.39, 0.29) is 35.6 Å². The van der Waals surface area contributed by atoms with Crippen LogP contribution in [0.1, 0.15) is 86.1 Å². The number of hydrogen-bond acceptors (Lipinski definition) is 0. The van der Waals surface area contributed by atoms with E-state index < -0.39 is 8.07 Å². The number of fused-ring (bicyclic) bond motifs is 3. The van der Waals surface area contributed by atoms with E-state index in [1.165, 1.54) is 83.1 Å². The quantitative estimate of drug-likeness (QED) is 0.175. The van der Waals surface area contributed by atoms with Crippen LogP contribution in [-0.4, -0.2) is 11.3 Å². The topological polar surface area (TPSA) is 0 Å². The Morgan fingerprint density at radius 3 is 1.60 bits per heavy atom. The summed E-state index contributed by atoms with van der Waals surface area (Å²) in [6.45, 7) is 25.2. The molecular formula is C44H52Cl2SiZr-2. The molecule has 0 amide bonds. The summed E-state index contributed by atoms with van der Waals surface area (Å²) in [4.78, 5) is 0. The Labute approximate surface area is 320 Å². The molecule has 1 aliphatic carbocycles. The summed E-state index contributed by atoms with van der Waals surface area (Å²) in [5, 5.41) is 1.62. The zero-order valence-corrected chi connectivity index (χ0v) is 35.7. The molecule has 0 nitrogen and oxygen atoms in total. The first-order valence-corrected chi connectivity index (χ1v) is 21.3. The molecule has 5 aromatic rings. The Bertz CT molecular complexity index is 1680. The molecule has 5 aromatic carbocycles. The molecule has 1 aliphatic rings. The molecule has 0 heterocycles. The number of rotatable bonds is 3. The summed E-state index contributed by atoms with van der Waals surface area (Å²) >= 11 is 1.46. The summed E-state index contributed by atoms with van der Waals surface area (Å²) < 4.78 is 1.42. The molecule has 0 fully saturated rings. The van der Waals surface area contributed by atoms with Gasteiger partial charge in [0, 0.05) is 8.07 Å². The first kappa shape index (κ1) is 41.9. The standard InChI is InChI=1S/C21H25.C13H10.C10H17Si.2ClH.Zr/c1-20(2,3)16-9-7-14-11-15-8-10-17(21(4,5)6)13-19(15)18(14)12-16;1-3-7-12(8-4-1)11-13-9-5-2-6-10-13;1-8-6-9(2)10(7-8)11(3,4)5;;;/h7,9-10,12-13H,11H2,1-6H3;1-10H;6-7H,1-5H3;2*1H;/q-1;;-1;;;+2/p-2. The zero-order valence-electron chi connectivity index (χ0n) is 30.8. The van der Waals surface area contributed by atoms with E-state index in [1.54, 1.807) is 5.19 Å². The minimum absolute atomic E-state index is 0. The SMILES string of the molecule is CC(C)(C)c1c[c-]c2c(c1)-c1cc(C(C)(C)C)ccc1C2.Cc1cc([Si](C)(C)C)c(C)[cH-]1.[Cl-].[Cl-].[Zr+2]=[C](c1ccccc1)c1ccccc1. The van der Waals surface area contributed by atoms with Gasteiger partial charge in [-0.2, -0.15) is 51.7 Å². The minimum atomic E-state index is -1.06. The van der Waals surface area contributed by atoms with Crippen LogP contribution in [0.4, 0.5) is 0 Å². The van der Waals surface area contributed by atoms with E-state index in [2.05, 4.69) is 184 Å². The molecule has 48 heavy (non-hydrogen) atoms. The fraction of sp³-hybridized carbons (Fsp3) is 0.318. The average Bonchev–Trinajstić information content (AvgIpc) is 3.55. The first-order chi connectivity index (χ1) is 21.4. The van der Waals surface area contributed by atoms with Crippen molar-refractivity contribution < 1.29 is 49.0 Å². The second-order valence-corrected chi connectivity index (χ2v) is 22.1. The number of halogens is 2. The molecule has 0 saturated carbocycles. The molecule has 0 saturated heterocycles. The Kier molecular flexibility index (Phi) is 15.0. The fourth-order valence-electron chi connectivity index (χ4n) is 5.97. The van der Waals surface area contributed by atoms with Gasteiger partial charge in [-0.25, -0.2) is 6.07 Å². The summed E-state index contributed by atoms with van der Waals surface area (Å²) in [6.07, 6.45) is 1.03. The fourth-order valence-corrected chi connectivity index (χ4v) is 8.71. The molecule has 0 bridgehead atoms. The molecule has 0 N–H and O–H groups in total. The molecule has 252 valence electrons. The van der Waals surface area contributed by atoms with E-state index in [1.807, 2.05) is 0 Å². The molecule has 0 spiro atoms. The van der Waals surface area contributed by atoms with Gasteiger partial charge < -0.3 is 24.8 Å². The number of aryl methyl sites for hydroxylation is 2. The summed E-state index contributed by atoms with van der Waals surface area (Å²) in [7, 11) is -1.06. The van der Waals surface area contributed by atoms with Crippen LogP contribution in [-0.2, 0) is 41.5 Å². The Hall–Kier alpha value is -2.22. The molecule has 6 rings (SSSR count). The second kappa shape index (κ2) is 17.1. The first-order valence-electron chi connectivity index (χ1n) is 16.6. The summed E-state index contributed by atoms with van der Waals surface area (Å²) in [5.41, 5.74) is 14.3. The molecule has 0 aliphatic heterocycles. The van der Waals surface area contributed by atoms with Gasteiger partial charge in [0.05, 0.1) is 0 Å². The van der Waals surface area contributed by atoms with Gasteiger partial charge in [0.2, 0.25) is 0 Å². The zero-order chi connectivity index (χ0) is 33.9. The van der Waals surface area contributed by atoms with Crippen LogP contribution in [0.25, 0.3) is 11.1 Å². The monoisotopic (exact) mass is 768 g/mol. The molecule has 4 heteroatoms. The van der Waals surface area contributed by atoms with Gasteiger partial charge in [-0.05, 0) is 17.4 Å². The van der Waals surface area contributed by atoms with Gasteiger partial charge in [-0.15, -0.1) is 5.56 Å². The van der Waals surface area contributed by atoms with Crippen LogP contribution >= 0.6 is 0 Å². The second-order valence-electron chi connectivity index (χ2n) is 15.8. The Balaban J connectivity index is 0.000000260. The van der Waals surface area contributed by atoms with Crippen molar-refractivity contribution in [2.24, 2.45) is 0 Å². The molecule has 0 radical (unpaired) electrons. The van der Waals surface area contributed by atoms with Crippen molar-refractivity contribution in [1.29, 1.82) is 0 Å². The van der Waals surface area contributed by atoms with Crippen molar-refractivity contribution in [3.8, 4) is 11.1 Å². The van der Waals surface area contributed by atoms with E-state index >= 15 is 0 Å². The van der Waals surface area contributed by atoms with Crippen molar-refractivity contribution in [2.45, 2.75) is 92.3 Å². The van der Waals surface area contributed by atoms with Crippen molar-refractivity contribution in [3.05, 3.63) is 154 Å². The van der Waals surface area contributed by atoms with Crippen LogP contribution in [0.15, 0.2) is 103 Å². The van der Waals surface area contributed by atoms with Gasteiger partial charge in [0.15, 0.2) is 0 Å². The van der Waals surface area contributed by atoms with E-state index in [9.17, 15) is 0 Å². The van der Waals surface area contributed by atoms with Crippen molar-refractivity contribution in [2.75, 3.05) is 0 Å². The van der Waals surface area contributed by atoms with Crippen LogP contribution in [0.3, 0.4) is 0 Å². The van der Waals surface area contributed by atoms with Crippen LogP contribution in [0.5, 0.6) is 0 Å². The van der Waals surface area contributed by atoms with Gasteiger partial charge in [-0.3, -0.25) is 0 Å². The molecule has 0 aromatic heterocycles. The van der Waals surface area contributed by atoms with Crippen LogP contribution in [0, 0.1) is 19.9 Å². The predicted molar refractivity (Wildman–Crippen MR) is 202 cm³/mol. The molecule has 0 unspecified atom stereocenters. The van der Waals surface area contributed by atoms with Gasteiger partial charge in [0.25, 0.3) is 0 Å². The maximum atomic E-state index is 3.53. The van der Waals surface area contributed by atoms with E-state index in [4.69, 9.17) is 0 Å². The van der Waals surface area contributed by atoms with Crippen molar-refractivity contribution in [3.63, 3.8) is 0 Å². The third-order valence-electron chi connectivity index (χ3n) is 8.70. The Morgan fingerprint density at radius 1 is 0.688 bits per heavy atom. The molecular weight excluding hydrogens is 719 g/mol. The van der Waals surface area contributed by atoms with Crippen molar-refractivity contribution in [1.82, 2.24) is 0 Å². The third kappa shape index (κ3) is 10.9. The number of benzene rings is 4. The van der Waals surface area contributed by atoms with Gasteiger partial charge in [0.1, 0.15) is 0 Å². The van der Waals surface area contributed by atoms with Crippen molar-refractivity contribution >= 4 is 16.5 Å². The average molecular weight is 771 g/mol. The predicted octanol–water partition coefficient (Wildman–Crippen LogP) is 5.03. The normalized spacial score (nSPS) is 11.8. The van der Waals surface area contributed by atoms with E-state index in [0.717, 1.165) is 6.42 Å². The van der Waals surface area contributed by atoms with Crippen LogP contribution in [0.2, 0.25) is 19.6 Å². The summed E-state index contributed by atoms with van der Waals surface area (Å²) in [6, 6.07) is 40.8. The third-order valence-corrected chi connectivity index (χ3v) is 12.3. The summed E-state index contributed by atoms with van der Waals surface area (Å²) in [5.74, 6) is 0. The molecule has 0 atom stereocenters.